The Morgan fingerprint density at radius 3 is 2.68 bits per heavy atom. The summed E-state index contributed by atoms with van der Waals surface area (Å²) in [5.41, 5.74) is 6.08. The maximum absolute atomic E-state index is 11.6. The predicted octanol–water partition coefficient (Wildman–Crippen LogP) is 3.26. The molecule has 1 aromatic rings. The van der Waals surface area contributed by atoms with E-state index in [4.69, 9.17) is 33.7 Å². The molecule has 1 unspecified atom stereocenters. The zero-order valence-corrected chi connectivity index (χ0v) is 12.5. The minimum absolute atomic E-state index is 0.101. The van der Waals surface area contributed by atoms with E-state index in [1.54, 1.807) is 0 Å². The van der Waals surface area contributed by atoms with Crippen molar-refractivity contribution in [2.75, 3.05) is 12.3 Å². The number of nitrogen functional groups attached to an aromatic ring is 1. The van der Waals surface area contributed by atoms with E-state index >= 15 is 0 Å². The third-order valence-electron chi connectivity index (χ3n) is 2.54. The number of carbonyl (C=O) groups excluding carboxylic acids is 1. The van der Waals surface area contributed by atoms with Crippen LogP contribution in [-0.4, -0.2) is 18.6 Å². The first-order valence-corrected chi connectivity index (χ1v) is 6.86. The van der Waals surface area contributed by atoms with Gasteiger partial charge in [-0.1, -0.05) is 36.5 Å². The summed E-state index contributed by atoms with van der Waals surface area (Å²) in [5.74, 6) is 0.166. The van der Waals surface area contributed by atoms with Crippen molar-refractivity contribution in [2.45, 2.75) is 32.7 Å². The van der Waals surface area contributed by atoms with Crippen molar-refractivity contribution in [3.63, 3.8) is 0 Å². The van der Waals surface area contributed by atoms with Crippen LogP contribution in [0.5, 0.6) is 5.75 Å². The monoisotopic (exact) mass is 304 g/mol. The van der Waals surface area contributed by atoms with Gasteiger partial charge in [-0.3, -0.25) is 4.79 Å². The molecule has 3 N–H and O–H groups in total. The highest BCUT2D eigenvalue weighted by atomic mass is 35.5. The van der Waals surface area contributed by atoms with Gasteiger partial charge in [-0.25, -0.2) is 0 Å². The summed E-state index contributed by atoms with van der Waals surface area (Å²) in [4.78, 5) is 11.6. The summed E-state index contributed by atoms with van der Waals surface area (Å²) in [7, 11) is 0. The Kier molecular flexibility index (Phi) is 6.25. The SMILES string of the molecule is CCCC(C)NC(=O)COc1cc(Cl)c(Cl)cc1N. The van der Waals surface area contributed by atoms with Gasteiger partial charge < -0.3 is 15.8 Å². The van der Waals surface area contributed by atoms with Crippen molar-refractivity contribution in [1.29, 1.82) is 0 Å². The molecule has 0 spiro atoms. The minimum atomic E-state index is -0.188. The number of hydrogen-bond donors (Lipinski definition) is 2. The van der Waals surface area contributed by atoms with E-state index in [1.807, 2.05) is 6.92 Å². The Hall–Kier alpha value is -1.13. The smallest absolute Gasteiger partial charge is 0.258 e. The first kappa shape index (κ1) is 15.9. The van der Waals surface area contributed by atoms with Crippen LogP contribution in [0.15, 0.2) is 12.1 Å². The van der Waals surface area contributed by atoms with Gasteiger partial charge in [-0.05, 0) is 19.4 Å². The third-order valence-corrected chi connectivity index (χ3v) is 3.26. The van der Waals surface area contributed by atoms with Crippen molar-refractivity contribution >= 4 is 34.8 Å². The Morgan fingerprint density at radius 2 is 2.05 bits per heavy atom. The number of anilines is 1. The van der Waals surface area contributed by atoms with E-state index in [2.05, 4.69) is 12.2 Å². The second-order valence-electron chi connectivity index (χ2n) is 4.35. The first-order valence-electron chi connectivity index (χ1n) is 6.10. The molecule has 4 nitrogen and oxygen atoms in total. The lowest BCUT2D eigenvalue weighted by molar-refractivity contribution is -0.123. The second kappa shape index (κ2) is 7.46. The molecule has 19 heavy (non-hydrogen) atoms. The lowest BCUT2D eigenvalue weighted by Gasteiger charge is -2.14. The van der Waals surface area contributed by atoms with Crippen LogP contribution in [0.25, 0.3) is 0 Å². The van der Waals surface area contributed by atoms with Crippen LogP contribution in [-0.2, 0) is 4.79 Å². The summed E-state index contributed by atoms with van der Waals surface area (Å²) in [6.07, 6.45) is 1.95. The van der Waals surface area contributed by atoms with Gasteiger partial charge in [-0.15, -0.1) is 0 Å². The highest BCUT2D eigenvalue weighted by molar-refractivity contribution is 6.42. The Bertz CT molecular complexity index is 453. The van der Waals surface area contributed by atoms with Crippen molar-refractivity contribution in [1.82, 2.24) is 5.32 Å². The van der Waals surface area contributed by atoms with Gasteiger partial charge >= 0.3 is 0 Å². The number of halogens is 2. The zero-order valence-electron chi connectivity index (χ0n) is 11.0. The Balaban J connectivity index is 2.53. The van der Waals surface area contributed by atoms with Crippen LogP contribution in [0, 0.1) is 0 Å². The fourth-order valence-corrected chi connectivity index (χ4v) is 1.96. The summed E-state index contributed by atoms with van der Waals surface area (Å²) in [5, 5.41) is 3.53. The van der Waals surface area contributed by atoms with E-state index in [1.165, 1.54) is 12.1 Å². The summed E-state index contributed by atoms with van der Waals surface area (Å²) in [6.45, 7) is 3.92. The summed E-state index contributed by atoms with van der Waals surface area (Å²) >= 11 is 11.7. The van der Waals surface area contributed by atoms with E-state index in [0.717, 1.165) is 12.8 Å². The standard InChI is InChI=1S/C13H18Cl2N2O2/c1-3-4-8(2)17-13(18)7-19-12-6-10(15)9(14)5-11(12)16/h5-6,8H,3-4,7,16H2,1-2H3,(H,17,18). The van der Waals surface area contributed by atoms with Gasteiger partial charge in [0.1, 0.15) is 5.75 Å². The van der Waals surface area contributed by atoms with E-state index < -0.39 is 0 Å². The van der Waals surface area contributed by atoms with Gasteiger partial charge in [0.2, 0.25) is 0 Å². The molecule has 1 atom stereocenters. The lowest BCUT2D eigenvalue weighted by atomic mass is 10.2. The normalized spacial score (nSPS) is 12.0. The predicted molar refractivity (Wildman–Crippen MR) is 78.9 cm³/mol. The molecule has 0 saturated heterocycles. The minimum Gasteiger partial charge on any atom is -0.482 e. The molecule has 6 heteroatoms. The van der Waals surface area contributed by atoms with Crippen LogP contribution in [0.3, 0.4) is 0 Å². The number of rotatable bonds is 6. The average molecular weight is 305 g/mol. The molecule has 0 aromatic heterocycles. The first-order chi connectivity index (χ1) is 8.93. The van der Waals surface area contributed by atoms with Gasteiger partial charge in [0.05, 0.1) is 15.7 Å². The van der Waals surface area contributed by atoms with Gasteiger partial charge in [0.15, 0.2) is 6.61 Å². The number of amides is 1. The van der Waals surface area contributed by atoms with Crippen LogP contribution in [0.2, 0.25) is 10.0 Å². The average Bonchev–Trinajstić information content (AvgIpc) is 2.32. The number of hydrogen-bond acceptors (Lipinski definition) is 3. The molecule has 1 aromatic carbocycles. The van der Waals surface area contributed by atoms with Crippen molar-refractivity contribution < 1.29 is 9.53 Å². The van der Waals surface area contributed by atoms with Crippen molar-refractivity contribution in [3.8, 4) is 5.75 Å². The maximum atomic E-state index is 11.6. The highest BCUT2D eigenvalue weighted by Gasteiger charge is 2.10. The second-order valence-corrected chi connectivity index (χ2v) is 5.16. The molecule has 0 aliphatic carbocycles. The Morgan fingerprint density at radius 1 is 1.42 bits per heavy atom. The van der Waals surface area contributed by atoms with Crippen LogP contribution in [0.4, 0.5) is 5.69 Å². The van der Waals surface area contributed by atoms with Crippen LogP contribution >= 0.6 is 23.2 Å². The van der Waals surface area contributed by atoms with E-state index in [-0.39, 0.29) is 18.6 Å². The Labute approximate surface area is 123 Å². The van der Waals surface area contributed by atoms with Gasteiger partial charge in [0, 0.05) is 12.1 Å². The third kappa shape index (κ3) is 5.17. The summed E-state index contributed by atoms with van der Waals surface area (Å²) < 4.78 is 5.33. The molecule has 0 saturated carbocycles. The van der Waals surface area contributed by atoms with Crippen LogP contribution in [0.1, 0.15) is 26.7 Å². The number of nitrogens with one attached hydrogen (secondary N) is 1. The molecule has 1 amide bonds. The topological polar surface area (TPSA) is 64.3 Å². The molecular formula is C13H18Cl2N2O2. The number of benzene rings is 1. The maximum Gasteiger partial charge on any atom is 0.258 e. The highest BCUT2D eigenvalue weighted by Crippen LogP contribution is 2.32. The van der Waals surface area contributed by atoms with Gasteiger partial charge in [0.25, 0.3) is 5.91 Å². The lowest BCUT2D eigenvalue weighted by Crippen LogP contribution is -2.36. The number of ether oxygens (including phenoxy) is 1. The zero-order chi connectivity index (χ0) is 14.4. The molecule has 0 heterocycles. The number of nitrogens with two attached hydrogens (primary N) is 1. The molecule has 0 aliphatic rings. The molecule has 0 aliphatic heterocycles. The van der Waals surface area contributed by atoms with Crippen LogP contribution < -0.4 is 15.8 Å². The molecule has 106 valence electrons. The van der Waals surface area contributed by atoms with Gasteiger partial charge in [-0.2, -0.15) is 0 Å². The molecule has 1 rings (SSSR count). The molecule has 0 fully saturated rings. The fourth-order valence-electron chi connectivity index (χ4n) is 1.63. The summed E-state index contributed by atoms with van der Waals surface area (Å²) in [6, 6.07) is 3.13. The van der Waals surface area contributed by atoms with E-state index in [9.17, 15) is 4.79 Å². The fraction of sp³-hybridized carbons (Fsp3) is 0.462. The quantitative estimate of drug-likeness (QED) is 0.793. The van der Waals surface area contributed by atoms with Crippen molar-refractivity contribution in [3.05, 3.63) is 22.2 Å². The molecule has 0 bridgehead atoms. The van der Waals surface area contributed by atoms with Crippen molar-refractivity contribution in [2.24, 2.45) is 0 Å². The number of carbonyl (C=O) groups is 1. The molecule has 0 radical (unpaired) electrons. The van der Waals surface area contributed by atoms with E-state index in [0.29, 0.717) is 21.5 Å². The molecular weight excluding hydrogens is 287 g/mol. The largest absolute Gasteiger partial charge is 0.482 e.